The van der Waals surface area contributed by atoms with Crippen LogP contribution in [0.2, 0.25) is 0 Å². The average Bonchev–Trinajstić information content (AvgIpc) is 2.98. The smallest absolute Gasteiger partial charge is 0.363 e. The number of benzene rings is 2. The lowest BCUT2D eigenvalue weighted by Gasteiger charge is -2.06. The van der Waals surface area contributed by atoms with Gasteiger partial charge in [0.15, 0.2) is 5.70 Å². The van der Waals surface area contributed by atoms with Gasteiger partial charge >= 0.3 is 5.97 Å². The summed E-state index contributed by atoms with van der Waals surface area (Å²) in [4.78, 5) is 26.6. The number of non-ortho nitro benzene ring substituents is 1. The van der Waals surface area contributed by atoms with E-state index in [-0.39, 0.29) is 17.3 Å². The maximum absolute atomic E-state index is 12.1. The number of carbonyl (C=O) groups excluding carboxylic acids is 1. The van der Waals surface area contributed by atoms with Crippen LogP contribution in [0.1, 0.15) is 18.1 Å². The first-order chi connectivity index (χ1) is 12.1. The molecule has 126 valence electrons. The van der Waals surface area contributed by atoms with E-state index in [4.69, 9.17) is 9.47 Å². The number of nitrogens with zero attached hydrogens (tertiary/aromatic N) is 2. The summed E-state index contributed by atoms with van der Waals surface area (Å²) < 4.78 is 10.7. The number of ether oxygens (including phenoxy) is 2. The third kappa shape index (κ3) is 3.55. The number of hydrogen-bond acceptors (Lipinski definition) is 6. The summed E-state index contributed by atoms with van der Waals surface area (Å²) in [7, 11) is 0. The van der Waals surface area contributed by atoms with E-state index in [0.717, 1.165) is 0 Å². The number of rotatable bonds is 5. The van der Waals surface area contributed by atoms with Gasteiger partial charge in [0.2, 0.25) is 5.90 Å². The fourth-order valence-corrected chi connectivity index (χ4v) is 2.32. The molecule has 7 heteroatoms. The molecule has 2 aromatic rings. The zero-order chi connectivity index (χ0) is 17.8. The van der Waals surface area contributed by atoms with Crippen molar-refractivity contribution in [2.45, 2.75) is 6.92 Å². The quantitative estimate of drug-likeness (QED) is 0.361. The van der Waals surface area contributed by atoms with Gasteiger partial charge in [-0.25, -0.2) is 9.79 Å². The molecule has 2 aromatic carbocycles. The molecule has 0 aromatic heterocycles. The maximum atomic E-state index is 12.1. The Balaban J connectivity index is 1.96. The molecule has 0 atom stereocenters. The van der Waals surface area contributed by atoms with Crippen LogP contribution >= 0.6 is 0 Å². The Labute approximate surface area is 143 Å². The van der Waals surface area contributed by atoms with Crippen molar-refractivity contribution in [1.29, 1.82) is 0 Å². The first-order valence-electron chi connectivity index (χ1n) is 7.57. The molecule has 0 saturated carbocycles. The maximum Gasteiger partial charge on any atom is 0.363 e. The van der Waals surface area contributed by atoms with Crippen LogP contribution in [-0.2, 0) is 9.53 Å². The van der Waals surface area contributed by atoms with E-state index < -0.39 is 10.9 Å². The Morgan fingerprint density at radius 1 is 1.24 bits per heavy atom. The minimum Gasteiger partial charge on any atom is -0.493 e. The lowest BCUT2D eigenvalue weighted by molar-refractivity contribution is -0.384. The Hall–Kier alpha value is -3.48. The number of hydrogen-bond donors (Lipinski definition) is 0. The third-order valence-corrected chi connectivity index (χ3v) is 3.44. The molecule has 1 aliphatic rings. The Morgan fingerprint density at radius 2 is 2.04 bits per heavy atom. The van der Waals surface area contributed by atoms with Gasteiger partial charge in [-0.15, -0.1) is 0 Å². The first-order valence-corrected chi connectivity index (χ1v) is 7.57. The highest BCUT2D eigenvalue weighted by atomic mass is 16.6. The van der Waals surface area contributed by atoms with Gasteiger partial charge in [0, 0.05) is 23.3 Å². The minimum atomic E-state index is -0.618. The Bertz CT molecular complexity index is 902. The molecule has 0 fully saturated rings. The van der Waals surface area contributed by atoms with E-state index in [1.54, 1.807) is 24.3 Å². The van der Waals surface area contributed by atoms with E-state index in [0.29, 0.717) is 23.5 Å². The van der Waals surface area contributed by atoms with Gasteiger partial charge in [0.05, 0.1) is 11.5 Å². The number of nitro groups is 1. The summed E-state index contributed by atoms with van der Waals surface area (Å²) >= 11 is 0. The summed E-state index contributed by atoms with van der Waals surface area (Å²) in [5, 5.41) is 10.9. The van der Waals surface area contributed by atoms with Gasteiger partial charge in [-0.2, -0.15) is 0 Å². The second kappa shape index (κ2) is 6.96. The Kier molecular flexibility index (Phi) is 4.56. The first kappa shape index (κ1) is 16.4. The van der Waals surface area contributed by atoms with Crippen LogP contribution in [-0.4, -0.2) is 23.4 Å². The number of para-hydroxylation sites is 1. The Morgan fingerprint density at radius 3 is 2.80 bits per heavy atom. The van der Waals surface area contributed by atoms with Crippen molar-refractivity contribution in [3.63, 3.8) is 0 Å². The second-order valence-corrected chi connectivity index (χ2v) is 5.11. The molecule has 0 aliphatic carbocycles. The van der Waals surface area contributed by atoms with Crippen molar-refractivity contribution in [3.05, 3.63) is 75.5 Å². The van der Waals surface area contributed by atoms with Crippen molar-refractivity contribution < 1.29 is 19.2 Å². The summed E-state index contributed by atoms with van der Waals surface area (Å²) in [6.45, 7) is 2.36. The molecule has 0 unspecified atom stereocenters. The van der Waals surface area contributed by atoms with Crippen molar-refractivity contribution >= 4 is 23.6 Å². The zero-order valence-electron chi connectivity index (χ0n) is 13.3. The zero-order valence-corrected chi connectivity index (χ0v) is 13.3. The molecule has 0 saturated heterocycles. The van der Waals surface area contributed by atoms with Crippen LogP contribution < -0.4 is 4.74 Å². The highest BCUT2D eigenvalue weighted by Gasteiger charge is 2.25. The van der Waals surface area contributed by atoms with E-state index in [1.165, 1.54) is 18.2 Å². The van der Waals surface area contributed by atoms with Crippen LogP contribution in [0.4, 0.5) is 5.69 Å². The van der Waals surface area contributed by atoms with E-state index in [2.05, 4.69) is 4.99 Å². The largest absolute Gasteiger partial charge is 0.493 e. The average molecular weight is 338 g/mol. The van der Waals surface area contributed by atoms with Gasteiger partial charge in [-0.05, 0) is 25.1 Å². The molecule has 1 aliphatic heterocycles. The minimum absolute atomic E-state index is 0.0360. The summed E-state index contributed by atoms with van der Waals surface area (Å²) in [5.74, 6) is 0.0472. The molecule has 7 nitrogen and oxygen atoms in total. The second-order valence-electron chi connectivity index (χ2n) is 5.11. The van der Waals surface area contributed by atoms with E-state index in [1.807, 2.05) is 19.1 Å². The highest BCUT2D eigenvalue weighted by Crippen LogP contribution is 2.25. The normalized spacial score (nSPS) is 15.0. The molecule has 1 heterocycles. The fourth-order valence-electron chi connectivity index (χ4n) is 2.32. The van der Waals surface area contributed by atoms with Crippen molar-refractivity contribution in [3.8, 4) is 5.75 Å². The van der Waals surface area contributed by atoms with Crippen LogP contribution in [0, 0.1) is 10.1 Å². The number of aliphatic imine (C=N–C) groups is 1. The molecule has 0 N–H and O–H groups in total. The lowest BCUT2D eigenvalue weighted by atomic mass is 10.1. The van der Waals surface area contributed by atoms with Crippen LogP contribution in [0.15, 0.2) is 59.2 Å². The summed E-state index contributed by atoms with van der Waals surface area (Å²) in [6.07, 6.45) is 1.57. The number of esters is 1. The van der Waals surface area contributed by atoms with Crippen molar-refractivity contribution in [2.75, 3.05) is 6.61 Å². The van der Waals surface area contributed by atoms with Crippen molar-refractivity contribution in [2.24, 2.45) is 4.99 Å². The topological polar surface area (TPSA) is 91.0 Å². The van der Waals surface area contributed by atoms with Crippen molar-refractivity contribution in [1.82, 2.24) is 0 Å². The molecule has 0 bridgehead atoms. The molecular weight excluding hydrogens is 324 g/mol. The highest BCUT2D eigenvalue weighted by molar-refractivity contribution is 6.13. The number of nitro benzene ring substituents is 1. The van der Waals surface area contributed by atoms with Crippen LogP contribution in [0.3, 0.4) is 0 Å². The van der Waals surface area contributed by atoms with Gasteiger partial charge in [0.25, 0.3) is 5.69 Å². The lowest BCUT2D eigenvalue weighted by Crippen LogP contribution is -2.05. The SMILES string of the molecule is CCOc1ccccc1/C=C1/N=C(c2cccc([N+](=O)[O-])c2)OC1=O. The predicted octanol–water partition coefficient (Wildman–Crippen LogP) is 3.34. The van der Waals surface area contributed by atoms with E-state index in [9.17, 15) is 14.9 Å². The summed E-state index contributed by atoms with van der Waals surface area (Å²) in [5.41, 5.74) is 1.06. The van der Waals surface area contributed by atoms with Gasteiger partial charge in [-0.3, -0.25) is 10.1 Å². The van der Waals surface area contributed by atoms with Gasteiger partial charge in [-0.1, -0.05) is 24.3 Å². The fraction of sp³-hybridized carbons (Fsp3) is 0.111. The summed E-state index contributed by atoms with van der Waals surface area (Å²) in [6, 6.07) is 13.0. The molecule has 25 heavy (non-hydrogen) atoms. The number of carbonyl (C=O) groups is 1. The number of cyclic esters (lactones) is 1. The third-order valence-electron chi connectivity index (χ3n) is 3.44. The predicted molar refractivity (Wildman–Crippen MR) is 91.3 cm³/mol. The van der Waals surface area contributed by atoms with Crippen LogP contribution in [0.5, 0.6) is 5.75 Å². The van der Waals surface area contributed by atoms with E-state index >= 15 is 0 Å². The molecular formula is C18H14N2O5. The molecule has 0 radical (unpaired) electrons. The van der Waals surface area contributed by atoms with Gasteiger partial charge in [0.1, 0.15) is 5.75 Å². The molecule has 3 rings (SSSR count). The molecule has 0 amide bonds. The monoisotopic (exact) mass is 338 g/mol. The van der Waals surface area contributed by atoms with Gasteiger partial charge < -0.3 is 9.47 Å². The molecule has 0 spiro atoms. The standard InChI is InChI=1S/C18H14N2O5/c1-2-24-16-9-4-3-6-12(16)11-15-18(21)25-17(19-15)13-7-5-8-14(10-13)20(22)23/h3-11H,2H2,1H3/b15-11+. The van der Waals surface area contributed by atoms with Crippen LogP contribution in [0.25, 0.3) is 6.08 Å².